The Bertz CT molecular complexity index is 7.61. The van der Waals surface area contributed by atoms with E-state index in [-0.39, 0.29) is 66.1 Å². The Kier molecular flexibility index (Phi) is 203. The van der Waals surface area contributed by atoms with E-state index in [4.69, 9.17) is 0 Å². The summed E-state index contributed by atoms with van der Waals surface area (Å²) in [5.41, 5.74) is 0. The summed E-state index contributed by atoms with van der Waals surface area (Å²) in [5, 5.41) is 0. The van der Waals surface area contributed by atoms with E-state index in [0.717, 1.165) is 0 Å². The fraction of sp³-hybridized carbons (Fsp3) is 0. The SMILES string of the molecule is S.[H-].[Li+].[Li+].[SH-]. The van der Waals surface area contributed by atoms with Crippen LogP contribution in [0.3, 0.4) is 0 Å². The molecular formula is H4Li2S2. The van der Waals surface area contributed by atoms with Gasteiger partial charge in [-0.2, -0.15) is 13.5 Å². The zero-order chi connectivity index (χ0) is 0. The molecule has 0 aromatic carbocycles. The van der Waals surface area contributed by atoms with Crippen molar-refractivity contribution in [3.63, 3.8) is 0 Å². The minimum Gasteiger partial charge on any atom is -1.00 e. The van der Waals surface area contributed by atoms with Crippen LogP contribution < -0.4 is 37.7 Å². The van der Waals surface area contributed by atoms with Crippen LogP contribution in [0.4, 0.5) is 0 Å². The van der Waals surface area contributed by atoms with Crippen LogP contribution in [-0.2, 0) is 13.5 Å². The van der Waals surface area contributed by atoms with Gasteiger partial charge in [0.25, 0.3) is 0 Å². The van der Waals surface area contributed by atoms with Crippen LogP contribution in [0, 0.1) is 0 Å². The van der Waals surface area contributed by atoms with E-state index in [1.807, 2.05) is 0 Å². The fourth-order valence-corrected chi connectivity index (χ4v) is 0. The Balaban J connectivity index is 0. The maximum absolute atomic E-state index is 0. The first-order chi connectivity index (χ1) is 0. The molecule has 0 saturated carbocycles. The second-order valence-electron chi connectivity index (χ2n) is 0. The van der Waals surface area contributed by atoms with Gasteiger partial charge in [0.05, 0.1) is 0 Å². The van der Waals surface area contributed by atoms with Gasteiger partial charge in [0, 0.05) is 0 Å². The third kappa shape index (κ3) is 9.09. The van der Waals surface area contributed by atoms with Crippen molar-refractivity contribution < 1.29 is 39.1 Å². The predicted octanol–water partition coefficient (Wildman–Crippen LogP) is -6.04. The zero-order valence-electron chi connectivity index (χ0n) is 3.95. The van der Waals surface area contributed by atoms with Crippen molar-refractivity contribution >= 4 is 27.0 Å². The molecule has 0 unspecified atom stereocenters. The van der Waals surface area contributed by atoms with Crippen molar-refractivity contribution in [3.8, 4) is 0 Å². The van der Waals surface area contributed by atoms with Gasteiger partial charge in [-0.05, 0) is 0 Å². The van der Waals surface area contributed by atoms with Gasteiger partial charge in [0.15, 0.2) is 0 Å². The predicted molar refractivity (Wildman–Crippen MR) is 20.3 cm³/mol. The molecular weight excluding hydrogens is 78.0 g/mol. The van der Waals surface area contributed by atoms with Crippen molar-refractivity contribution in [2.45, 2.75) is 0 Å². The molecule has 0 fully saturated rings. The van der Waals surface area contributed by atoms with Crippen LogP contribution in [0.25, 0.3) is 0 Å². The molecule has 0 aliphatic rings. The van der Waals surface area contributed by atoms with Crippen LogP contribution in [0.5, 0.6) is 0 Å². The summed E-state index contributed by atoms with van der Waals surface area (Å²) < 4.78 is 0. The van der Waals surface area contributed by atoms with Crippen molar-refractivity contribution in [3.05, 3.63) is 0 Å². The van der Waals surface area contributed by atoms with Gasteiger partial charge in [-0.1, -0.05) is 0 Å². The average Bonchev–Trinajstić information content (AvgIpc) is 0. The Morgan fingerprint density at radius 1 is 1.00 bits per heavy atom. The van der Waals surface area contributed by atoms with Gasteiger partial charge in [0.2, 0.25) is 0 Å². The molecule has 0 N–H and O–H groups in total. The molecule has 0 spiro atoms. The van der Waals surface area contributed by atoms with Crippen molar-refractivity contribution in [2.24, 2.45) is 0 Å². The Hall–Kier alpha value is 1.89. The van der Waals surface area contributed by atoms with E-state index in [9.17, 15) is 0 Å². The topological polar surface area (TPSA) is 0 Å². The largest absolute Gasteiger partial charge is 1.00 e. The normalized spacial score (nSPS) is 0. The van der Waals surface area contributed by atoms with E-state index < -0.39 is 0 Å². The van der Waals surface area contributed by atoms with E-state index in [1.54, 1.807) is 0 Å². The first kappa shape index (κ1) is 39.3. The molecule has 4 heavy (non-hydrogen) atoms. The molecule has 0 nitrogen and oxygen atoms in total. The van der Waals surface area contributed by atoms with Crippen molar-refractivity contribution in [1.82, 2.24) is 0 Å². The molecule has 0 aliphatic heterocycles. The Labute approximate surface area is 65.8 Å². The molecule has 0 amide bonds. The molecule has 18 valence electrons. The van der Waals surface area contributed by atoms with Gasteiger partial charge < -0.3 is 14.9 Å². The van der Waals surface area contributed by atoms with Gasteiger partial charge in [0.1, 0.15) is 0 Å². The molecule has 0 aromatic heterocycles. The third-order valence-corrected chi connectivity index (χ3v) is 0. The fourth-order valence-electron chi connectivity index (χ4n) is 0. The summed E-state index contributed by atoms with van der Waals surface area (Å²) in [4.78, 5) is 0. The third-order valence-electron chi connectivity index (χ3n) is 0. The van der Waals surface area contributed by atoms with Crippen LogP contribution in [0.1, 0.15) is 1.43 Å². The summed E-state index contributed by atoms with van der Waals surface area (Å²) in [6.07, 6.45) is 0. The van der Waals surface area contributed by atoms with Gasteiger partial charge >= 0.3 is 37.7 Å². The van der Waals surface area contributed by atoms with E-state index in [2.05, 4.69) is 0 Å². The molecule has 0 aromatic rings. The van der Waals surface area contributed by atoms with E-state index in [1.165, 1.54) is 0 Å². The second-order valence-corrected chi connectivity index (χ2v) is 0. The first-order valence-electron chi connectivity index (χ1n) is 0. The number of hydrogen-bond acceptors (Lipinski definition) is 1. The monoisotopic (exact) mass is 82.0 g/mol. The molecule has 0 atom stereocenters. The van der Waals surface area contributed by atoms with Gasteiger partial charge in [-0.3, -0.25) is 0 Å². The average molecular weight is 82.0 g/mol. The number of thiol groups is 1. The number of rotatable bonds is 0. The van der Waals surface area contributed by atoms with Crippen molar-refractivity contribution in [1.29, 1.82) is 0 Å². The van der Waals surface area contributed by atoms with Crippen LogP contribution in [-0.4, -0.2) is 0 Å². The Morgan fingerprint density at radius 3 is 1.00 bits per heavy atom. The zero-order valence-corrected chi connectivity index (χ0v) is 4.84. The molecule has 0 heterocycles. The van der Waals surface area contributed by atoms with Crippen molar-refractivity contribution in [2.75, 3.05) is 0 Å². The number of hydrogen-bond donors (Lipinski definition) is 0. The summed E-state index contributed by atoms with van der Waals surface area (Å²) in [6, 6.07) is 0. The second kappa shape index (κ2) is 20.7. The summed E-state index contributed by atoms with van der Waals surface area (Å²) in [7, 11) is 0. The van der Waals surface area contributed by atoms with Crippen LogP contribution in [0.2, 0.25) is 0 Å². The minimum absolute atomic E-state index is 0. The molecule has 0 saturated heterocycles. The van der Waals surface area contributed by atoms with Gasteiger partial charge in [-0.15, -0.1) is 0 Å². The van der Waals surface area contributed by atoms with E-state index >= 15 is 0 Å². The molecule has 0 bridgehead atoms. The van der Waals surface area contributed by atoms with Gasteiger partial charge in [-0.25, -0.2) is 0 Å². The molecule has 4 heteroatoms. The van der Waals surface area contributed by atoms with Crippen LogP contribution >= 0.6 is 13.5 Å². The smallest absolute Gasteiger partial charge is 1.00 e. The summed E-state index contributed by atoms with van der Waals surface area (Å²) in [5.74, 6) is 0. The molecule has 0 rings (SSSR count). The Morgan fingerprint density at radius 2 is 1.00 bits per heavy atom. The summed E-state index contributed by atoms with van der Waals surface area (Å²) in [6.45, 7) is 0. The maximum atomic E-state index is 0. The summed E-state index contributed by atoms with van der Waals surface area (Å²) >= 11 is 0. The van der Waals surface area contributed by atoms with E-state index in [0.29, 0.717) is 0 Å². The maximum Gasteiger partial charge on any atom is 1.00 e. The minimum atomic E-state index is 0. The molecule has 0 aliphatic carbocycles. The van der Waals surface area contributed by atoms with Crippen LogP contribution in [0.15, 0.2) is 0 Å². The quantitative estimate of drug-likeness (QED) is 0.159. The standard InChI is InChI=1S/2Li.2H2S.H/h;;2*1H2;/q2*+1;;;-1/p-1. The molecule has 0 radical (unpaired) electrons. The first-order valence-corrected chi connectivity index (χ1v) is 0.